The Labute approximate surface area is 345 Å². The zero-order valence-corrected chi connectivity index (χ0v) is 35.3. The molecule has 0 atom stereocenters. The number of hydrazone groups is 2. The van der Waals surface area contributed by atoms with Gasteiger partial charge in [0.2, 0.25) is 11.8 Å². The van der Waals surface area contributed by atoms with Crippen LogP contribution in [0.3, 0.4) is 0 Å². The first-order valence-corrected chi connectivity index (χ1v) is 20.5. The number of ether oxygens (including phenoxy) is 4. The molecule has 0 spiro atoms. The van der Waals surface area contributed by atoms with Crippen molar-refractivity contribution in [1.29, 1.82) is 0 Å². The number of halogens is 2. The first kappa shape index (κ1) is 44.9. The molecule has 0 aliphatic carbocycles. The van der Waals surface area contributed by atoms with E-state index in [4.69, 9.17) is 61.1 Å². The highest BCUT2D eigenvalue weighted by atomic mass is 35.5. The molecule has 21 heteroatoms. The van der Waals surface area contributed by atoms with E-state index in [1.54, 1.807) is 39.8 Å². The van der Waals surface area contributed by atoms with Gasteiger partial charge in [-0.1, -0.05) is 37.0 Å². The van der Waals surface area contributed by atoms with Gasteiger partial charge in [-0.3, -0.25) is 0 Å². The van der Waals surface area contributed by atoms with E-state index in [2.05, 4.69) is 15.4 Å². The Bertz CT molecular complexity index is 2320. The zero-order valence-electron chi connectivity index (χ0n) is 32.2. The number of guanidine groups is 1. The number of nitrogens with two attached hydrogens (primary N) is 1. The molecule has 0 saturated carbocycles. The van der Waals surface area contributed by atoms with Crippen LogP contribution in [0.2, 0.25) is 10.0 Å². The van der Waals surface area contributed by atoms with Crippen LogP contribution < -0.4 is 33.0 Å². The van der Waals surface area contributed by atoms with Crippen molar-refractivity contribution in [3.8, 4) is 34.5 Å². The van der Waals surface area contributed by atoms with E-state index in [0.717, 1.165) is 12.0 Å². The lowest BCUT2D eigenvalue weighted by Crippen LogP contribution is -2.33. The van der Waals surface area contributed by atoms with Crippen LogP contribution in [-0.4, -0.2) is 59.9 Å². The summed E-state index contributed by atoms with van der Waals surface area (Å²) in [6.45, 7) is 7.87. The fourth-order valence-corrected chi connectivity index (χ4v) is 7.45. The predicted octanol–water partition coefficient (Wildman–Crippen LogP) is 7.16. The quantitative estimate of drug-likeness (QED) is 0.0412. The predicted molar refractivity (Wildman–Crippen MR) is 216 cm³/mol. The number of methoxy groups -OCH3 is 2. The van der Waals surface area contributed by atoms with Gasteiger partial charge in [-0.25, -0.2) is 4.79 Å². The second-order valence-corrected chi connectivity index (χ2v) is 15.8. The van der Waals surface area contributed by atoms with E-state index in [9.17, 15) is 21.6 Å². The Morgan fingerprint density at radius 3 is 1.43 bits per heavy atom. The summed E-state index contributed by atoms with van der Waals surface area (Å²) in [5, 5.41) is 13.4. The van der Waals surface area contributed by atoms with E-state index in [1.165, 1.54) is 74.9 Å². The van der Waals surface area contributed by atoms with Crippen molar-refractivity contribution < 1.29 is 53.8 Å². The fourth-order valence-electron chi connectivity index (χ4n) is 4.76. The summed E-state index contributed by atoms with van der Waals surface area (Å²) in [6, 6.07) is 16.9. The molecular weight excluding hydrogens is 841 g/mol. The summed E-state index contributed by atoms with van der Waals surface area (Å²) < 4.78 is 86.3. The number of oxime groups is 1. The molecular formula is C37H39Cl2N5O12S2. The third-order valence-electron chi connectivity index (χ3n) is 7.21. The summed E-state index contributed by atoms with van der Waals surface area (Å²) in [5.74, 6) is -1.27. The van der Waals surface area contributed by atoms with E-state index in [-0.39, 0.29) is 79.0 Å². The van der Waals surface area contributed by atoms with Gasteiger partial charge in [0.05, 0.1) is 14.2 Å². The van der Waals surface area contributed by atoms with Crippen LogP contribution in [0.1, 0.15) is 44.7 Å². The number of hydrogen-bond donors (Lipinski definition) is 1. The third kappa shape index (κ3) is 12.4. The molecule has 0 aliphatic heterocycles. The zero-order chi connectivity index (χ0) is 42.8. The molecule has 310 valence electrons. The molecule has 0 aliphatic rings. The maximum atomic E-state index is 13.3. The number of nitrogens with zero attached hydrogens (tertiary/aromatic N) is 4. The van der Waals surface area contributed by atoms with E-state index in [0.29, 0.717) is 11.1 Å². The van der Waals surface area contributed by atoms with Gasteiger partial charge in [-0.15, -0.1) is 15.3 Å². The van der Waals surface area contributed by atoms with E-state index < -0.39 is 32.2 Å². The maximum Gasteiger partial charge on any atom is 0.342 e. The number of aryl methyl sites for hydroxylation is 2. The molecule has 0 fully saturated rings. The Morgan fingerprint density at radius 1 is 0.672 bits per heavy atom. The van der Waals surface area contributed by atoms with Crippen LogP contribution >= 0.6 is 23.2 Å². The monoisotopic (exact) mass is 879 g/mol. The van der Waals surface area contributed by atoms with Crippen LogP contribution in [0.5, 0.6) is 34.5 Å². The molecule has 0 amide bonds. The lowest BCUT2D eigenvalue weighted by molar-refractivity contribution is -0.141. The Morgan fingerprint density at radius 2 is 1.07 bits per heavy atom. The number of benzene rings is 4. The lowest BCUT2D eigenvalue weighted by Gasteiger charge is -2.17. The minimum Gasteiger partial charge on any atom is -0.495 e. The van der Waals surface area contributed by atoms with Crippen molar-refractivity contribution in [3.63, 3.8) is 0 Å². The first-order chi connectivity index (χ1) is 27.4. The smallest absolute Gasteiger partial charge is 0.342 e. The Hall–Kier alpha value is -5.76. The Balaban J connectivity index is 1.66. The summed E-state index contributed by atoms with van der Waals surface area (Å²) in [5.41, 5.74) is 7.25. The van der Waals surface area contributed by atoms with E-state index >= 15 is 0 Å². The molecule has 0 unspecified atom stereocenters. The van der Waals surface area contributed by atoms with Crippen molar-refractivity contribution in [2.75, 3.05) is 14.2 Å². The van der Waals surface area contributed by atoms with Gasteiger partial charge in [0.1, 0.15) is 44.3 Å². The highest BCUT2D eigenvalue weighted by Crippen LogP contribution is 2.33. The molecule has 2 N–H and O–H groups in total. The number of carbonyl (C=O) groups excluding carboxylic acids is 1. The van der Waals surface area contributed by atoms with Gasteiger partial charge in [0, 0.05) is 41.9 Å². The molecule has 58 heavy (non-hydrogen) atoms. The second-order valence-electron chi connectivity index (χ2n) is 11.8. The van der Waals surface area contributed by atoms with Crippen molar-refractivity contribution in [3.05, 3.63) is 94.0 Å². The molecule has 17 nitrogen and oxygen atoms in total. The van der Waals surface area contributed by atoms with Gasteiger partial charge in [0.25, 0.3) is 5.96 Å². The van der Waals surface area contributed by atoms with Gasteiger partial charge >= 0.3 is 26.2 Å². The van der Waals surface area contributed by atoms with Crippen molar-refractivity contribution in [1.82, 2.24) is 5.12 Å². The van der Waals surface area contributed by atoms with Gasteiger partial charge in [-0.2, -0.15) is 16.8 Å². The number of rotatable bonds is 15. The minimum absolute atomic E-state index is 0.0241. The molecule has 0 bridgehead atoms. The first-order valence-electron chi connectivity index (χ1n) is 17.0. The average molecular weight is 881 g/mol. The summed E-state index contributed by atoms with van der Waals surface area (Å²) >= 11 is 12.1. The second kappa shape index (κ2) is 19.6. The lowest BCUT2D eigenvalue weighted by atomic mass is 10.2. The average Bonchev–Trinajstić information content (AvgIpc) is 3.15. The van der Waals surface area contributed by atoms with Crippen LogP contribution in [0.4, 0.5) is 0 Å². The Kier molecular flexibility index (Phi) is 15.2. The van der Waals surface area contributed by atoms with Crippen LogP contribution in [0.15, 0.2) is 97.9 Å². The molecule has 4 aromatic carbocycles. The van der Waals surface area contributed by atoms with E-state index in [1.807, 2.05) is 0 Å². The van der Waals surface area contributed by atoms with Gasteiger partial charge in [-0.05, 0) is 90.8 Å². The summed E-state index contributed by atoms with van der Waals surface area (Å²) in [7, 11) is -6.22. The SMILES string of the molecule is CCC(=NN(N=C(CC)Oc1cc(C)cc(OS(=O)(=O)c2cc(Cl)ccc2OC)c1)C(N)=NOC(C)=O)Oc1cc(C)cc(OS(=O)(=O)c2cc(Cl)ccc2OC)c1. The van der Waals surface area contributed by atoms with Gasteiger partial charge in [0.15, 0.2) is 0 Å². The normalized spacial score (nSPS) is 12.4. The van der Waals surface area contributed by atoms with Crippen LogP contribution in [0.25, 0.3) is 0 Å². The molecule has 0 saturated heterocycles. The summed E-state index contributed by atoms with van der Waals surface area (Å²) in [6.07, 6.45) is 0.254. The molecule has 4 rings (SSSR count). The highest BCUT2D eigenvalue weighted by Gasteiger charge is 2.25. The topological polar surface area (TPSA) is 216 Å². The standard InChI is InChI=1S/C37H39Cl2N5O12S2/c1-8-35(52-27-14-22(3)16-29(20-27)55-57(46,47)33-18-25(38)10-12-31(33)50-6)41-44(37(40)43-54-24(5)45)42-36(9-2)53-28-15-23(4)17-30(21-28)56-58(48,49)34-19-26(39)11-13-32(34)51-7/h10-21H,8-9H2,1-7H3,(H2,40,43). The molecule has 0 radical (unpaired) electrons. The number of hydrogen-bond acceptors (Lipinski definition) is 15. The third-order valence-corrected chi connectivity index (χ3v) is 10.2. The largest absolute Gasteiger partial charge is 0.495 e. The summed E-state index contributed by atoms with van der Waals surface area (Å²) in [4.78, 5) is 15.7. The fraction of sp³-hybridized carbons (Fsp3) is 0.243. The number of carbonyl (C=O) groups is 1. The van der Waals surface area contributed by atoms with Gasteiger partial charge < -0.3 is 37.9 Å². The van der Waals surface area contributed by atoms with Crippen LogP contribution in [-0.2, 0) is 29.9 Å². The molecule has 4 aromatic rings. The van der Waals surface area contributed by atoms with Crippen molar-refractivity contribution in [2.24, 2.45) is 21.1 Å². The van der Waals surface area contributed by atoms with Crippen molar-refractivity contribution in [2.45, 2.75) is 57.3 Å². The highest BCUT2D eigenvalue weighted by molar-refractivity contribution is 7.87. The molecule has 0 aromatic heterocycles. The maximum absolute atomic E-state index is 13.3. The minimum atomic E-state index is -4.42. The molecule has 0 heterocycles. The van der Waals surface area contributed by atoms with Crippen LogP contribution in [0, 0.1) is 13.8 Å². The van der Waals surface area contributed by atoms with Crippen molar-refractivity contribution >= 4 is 67.2 Å².